The first-order valence-corrected chi connectivity index (χ1v) is 9.43. The maximum atomic E-state index is 14.7. The fourth-order valence-electron chi connectivity index (χ4n) is 3.53. The monoisotopic (exact) mass is 413 g/mol. The summed E-state index contributed by atoms with van der Waals surface area (Å²) in [6.45, 7) is 2.05. The molecule has 1 atom stereocenters. The highest BCUT2D eigenvalue weighted by Crippen LogP contribution is 2.41. The SMILES string of the molecule is CCOC(=O)c1cccn1C1C(=O)N(Cc2ccc(Cl)nc2)c2c(F)cccc21. The minimum absolute atomic E-state index is 0.128. The molecule has 3 aromatic rings. The van der Waals surface area contributed by atoms with Crippen LogP contribution in [0.1, 0.15) is 34.6 Å². The number of hydrogen-bond donors (Lipinski definition) is 0. The predicted molar refractivity (Wildman–Crippen MR) is 105 cm³/mol. The molecular formula is C21H17ClFN3O3. The number of ether oxygens (including phenoxy) is 1. The lowest BCUT2D eigenvalue weighted by atomic mass is 10.1. The maximum absolute atomic E-state index is 14.7. The van der Waals surface area contributed by atoms with Crippen LogP contribution in [-0.4, -0.2) is 28.0 Å². The summed E-state index contributed by atoms with van der Waals surface area (Å²) in [5, 5.41) is 0.331. The number of carbonyl (C=O) groups excluding carboxylic acids is 2. The number of rotatable bonds is 5. The quantitative estimate of drug-likeness (QED) is 0.468. The standard InChI is InChI=1S/C21H17ClFN3O3/c1-2-29-21(28)16-7-4-10-25(16)19-14-5-3-6-15(23)18(14)26(20(19)27)12-13-8-9-17(22)24-11-13/h3-11,19H,2,12H2,1H3. The molecule has 8 heteroatoms. The van der Waals surface area contributed by atoms with Crippen LogP contribution in [0.3, 0.4) is 0 Å². The van der Waals surface area contributed by atoms with E-state index in [9.17, 15) is 14.0 Å². The summed E-state index contributed by atoms with van der Waals surface area (Å²) in [5.74, 6) is -1.39. The molecule has 0 radical (unpaired) electrons. The molecule has 0 fully saturated rings. The predicted octanol–water partition coefficient (Wildman–Crippen LogP) is 3.99. The molecule has 0 aliphatic carbocycles. The van der Waals surface area contributed by atoms with Gasteiger partial charge in [-0.15, -0.1) is 0 Å². The third-order valence-electron chi connectivity index (χ3n) is 4.75. The Morgan fingerprint density at radius 1 is 1.24 bits per heavy atom. The van der Waals surface area contributed by atoms with Crippen LogP contribution in [0.25, 0.3) is 0 Å². The molecule has 0 bridgehead atoms. The number of amides is 1. The molecule has 29 heavy (non-hydrogen) atoms. The molecule has 6 nitrogen and oxygen atoms in total. The second-order valence-corrected chi connectivity index (χ2v) is 6.90. The van der Waals surface area contributed by atoms with Crippen molar-refractivity contribution in [3.8, 4) is 0 Å². The Morgan fingerprint density at radius 3 is 2.79 bits per heavy atom. The molecule has 1 amide bonds. The van der Waals surface area contributed by atoms with Crippen LogP contribution in [0.5, 0.6) is 0 Å². The lowest BCUT2D eigenvalue weighted by molar-refractivity contribution is -0.120. The third-order valence-corrected chi connectivity index (χ3v) is 4.98. The van der Waals surface area contributed by atoms with Gasteiger partial charge in [-0.3, -0.25) is 4.79 Å². The average molecular weight is 414 g/mol. The van der Waals surface area contributed by atoms with E-state index in [2.05, 4.69) is 4.98 Å². The number of anilines is 1. The number of nitrogens with zero attached hydrogens (tertiary/aromatic N) is 3. The van der Waals surface area contributed by atoms with Crippen molar-refractivity contribution in [2.45, 2.75) is 19.5 Å². The van der Waals surface area contributed by atoms with Crippen LogP contribution in [0.2, 0.25) is 5.15 Å². The van der Waals surface area contributed by atoms with Crippen molar-refractivity contribution in [1.82, 2.24) is 9.55 Å². The fourth-order valence-corrected chi connectivity index (χ4v) is 3.65. The van der Waals surface area contributed by atoms with Crippen molar-refractivity contribution < 1.29 is 18.7 Å². The number of hydrogen-bond acceptors (Lipinski definition) is 4. The molecule has 0 N–H and O–H groups in total. The summed E-state index contributed by atoms with van der Waals surface area (Å²) < 4.78 is 21.4. The zero-order valence-electron chi connectivity index (χ0n) is 15.5. The number of halogens is 2. The highest BCUT2D eigenvalue weighted by Gasteiger charge is 2.41. The Bertz CT molecular complexity index is 1080. The van der Waals surface area contributed by atoms with Crippen LogP contribution < -0.4 is 4.90 Å². The van der Waals surface area contributed by atoms with Gasteiger partial charge < -0.3 is 14.2 Å². The molecular weight excluding hydrogens is 397 g/mol. The van der Waals surface area contributed by atoms with E-state index in [1.807, 2.05) is 0 Å². The lowest BCUT2D eigenvalue weighted by Gasteiger charge is -2.19. The van der Waals surface area contributed by atoms with E-state index in [1.54, 1.807) is 55.7 Å². The summed E-state index contributed by atoms with van der Waals surface area (Å²) in [6.07, 6.45) is 3.17. The molecule has 0 saturated heterocycles. The van der Waals surface area contributed by atoms with E-state index in [4.69, 9.17) is 16.3 Å². The fraction of sp³-hybridized carbons (Fsp3) is 0.190. The first-order valence-electron chi connectivity index (χ1n) is 9.05. The van der Waals surface area contributed by atoms with E-state index in [1.165, 1.54) is 15.5 Å². The number of carbonyl (C=O) groups is 2. The van der Waals surface area contributed by atoms with E-state index in [0.717, 1.165) is 0 Å². The number of benzene rings is 1. The molecule has 1 aliphatic heterocycles. The molecule has 148 valence electrons. The summed E-state index contributed by atoms with van der Waals surface area (Å²) in [6, 6.07) is 10.3. The van der Waals surface area contributed by atoms with Crippen LogP contribution in [0.4, 0.5) is 10.1 Å². The van der Waals surface area contributed by atoms with Crippen LogP contribution in [0, 0.1) is 5.82 Å². The van der Waals surface area contributed by atoms with Crippen LogP contribution >= 0.6 is 11.6 Å². The average Bonchev–Trinajstić information content (AvgIpc) is 3.27. The van der Waals surface area contributed by atoms with Gasteiger partial charge >= 0.3 is 5.97 Å². The van der Waals surface area contributed by atoms with Crippen molar-refractivity contribution in [3.05, 3.63) is 82.6 Å². The van der Waals surface area contributed by atoms with Crippen LogP contribution in [0.15, 0.2) is 54.9 Å². The topological polar surface area (TPSA) is 64.4 Å². The van der Waals surface area contributed by atoms with E-state index >= 15 is 0 Å². The molecule has 3 heterocycles. The molecule has 1 aliphatic rings. The molecule has 0 spiro atoms. The molecule has 4 rings (SSSR count). The summed E-state index contributed by atoms with van der Waals surface area (Å²) in [7, 11) is 0. The summed E-state index contributed by atoms with van der Waals surface area (Å²) in [5.41, 5.74) is 1.62. The number of esters is 1. The highest BCUT2D eigenvalue weighted by molar-refractivity contribution is 6.29. The second kappa shape index (κ2) is 7.67. The Balaban J connectivity index is 1.77. The molecule has 0 saturated carbocycles. The van der Waals surface area contributed by atoms with Gasteiger partial charge in [-0.2, -0.15) is 0 Å². The van der Waals surface area contributed by atoms with Crippen molar-refractivity contribution in [1.29, 1.82) is 0 Å². The molecule has 2 aromatic heterocycles. The Morgan fingerprint density at radius 2 is 2.07 bits per heavy atom. The van der Waals surface area contributed by atoms with Crippen molar-refractivity contribution >= 4 is 29.2 Å². The van der Waals surface area contributed by atoms with E-state index < -0.39 is 17.8 Å². The smallest absolute Gasteiger partial charge is 0.354 e. The zero-order valence-corrected chi connectivity index (χ0v) is 16.3. The Kier molecular flexibility index (Phi) is 5.07. The summed E-state index contributed by atoms with van der Waals surface area (Å²) >= 11 is 5.83. The minimum Gasteiger partial charge on any atom is -0.461 e. The van der Waals surface area contributed by atoms with Gasteiger partial charge in [0.05, 0.1) is 18.8 Å². The first-order chi connectivity index (χ1) is 14.0. The number of para-hydroxylation sites is 1. The van der Waals surface area contributed by atoms with Gasteiger partial charge in [-0.05, 0) is 36.8 Å². The van der Waals surface area contributed by atoms with Gasteiger partial charge in [0.1, 0.15) is 22.7 Å². The van der Waals surface area contributed by atoms with E-state index in [0.29, 0.717) is 16.3 Å². The zero-order chi connectivity index (χ0) is 20.5. The third kappa shape index (κ3) is 3.38. The summed E-state index contributed by atoms with van der Waals surface area (Å²) in [4.78, 5) is 31.1. The lowest BCUT2D eigenvalue weighted by Crippen LogP contribution is -2.32. The normalized spacial score (nSPS) is 15.5. The number of fused-ring (bicyclic) bond motifs is 1. The first kappa shape index (κ1) is 19.1. The molecule has 1 aromatic carbocycles. The van der Waals surface area contributed by atoms with E-state index in [-0.39, 0.29) is 30.4 Å². The van der Waals surface area contributed by atoms with Crippen LogP contribution in [-0.2, 0) is 16.1 Å². The largest absolute Gasteiger partial charge is 0.461 e. The molecule has 1 unspecified atom stereocenters. The van der Waals surface area contributed by atoms with Gasteiger partial charge in [0.25, 0.3) is 5.91 Å². The van der Waals surface area contributed by atoms with Gasteiger partial charge in [0.2, 0.25) is 0 Å². The Labute approximate surface area is 171 Å². The Hall–Kier alpha value is -3.19. The number of pyridine rings is 1. The highest BCUT2D eigenvalue weighted by atomic mass is 35.5. The second-order valence-electron chi connectivity index (χ2n) is 6.51. The maximum Gasteiger partial charge on any atom is 0.354 e. The van der Waals surface area contributed by atoms with Gasteiger partial charge in [0, 0.05) is 18.0 Å². The van der Waals surface area contributed by atoms with Crippen molar-refractivity contribution in [3.63, 3.8) is 0 Å². The van der Waals surface area contributed by atoms with Gasteiger partial charge in [-0.1, -0.05) is 29.8 Å². The van der Waals surface area contributed by atoms with Gasteiger partial charge in [-0.25, -0.2) is 14.2 Å². The van der Waals surface area contributed by atoms with Gasteiger partial charge in [0.15, 0.2) is 0 Å². The minimum atomic E-state index is -0.865. The van der Waals surface area contributed by atoms with Crippen molar-refractivity contribution in [2.75, 3.05) is 11.5 Å². The van der Waals surface area contributed by atoms with Crippen molar-refractivity contribution in [2.24, 2.45) is 0 Å². The number of aromatic nitrogens is 2.